The molecule has 2 aromatic rings. The van der Waals surface area contributed by atoms with E-state index in [0.717, 1.165) is 28.4 Å². The van der Waals surface area contributed by atoms with Gasteiger partial charge in [-0.2, -0.15) is 0 Å². The maximum absolute atomic E-state index is 12.6. The zero-order valence-electron chi connectivity index (χ0n) is 16.8. The molecule has 2 aromatic carbocycles. The number of halogens is 1. The predicted molar refractivity (Wildman–Crippen MR) is 119 cm³/mol. The molecule has 1 saturated carbocycles. The molecule has 1 aliphatic carbocycles. The van der Waals surface area contributed by atoms with Crippen LogP contribution in [0.4, 0.5) is 0 Å². The molecular weight excluding hydrogens is 448 g/mol. The van der Waals surface area contributed by atoms with Crippen molar-refractivity contribution in [3.05, 3.63) is 64.1 Å². The van der Waals surface area contributed by atoms with Crippen LogP contribution in [0.2, 0.25) is 0 Å². The van der Waals surface area contributed by atoms with Gasteiger partial charge >= 0.3 is 0 Å². The third-order valence-electron chi connectivity index (χ3n) is 5.13. The average Bonchev–Trinajstić information content (AvgIpc) is 2.69. The minimum absolute atomic E-state index is 0.00288. The van der Waals surface area contributed by atoms with Crippen molar-refractivity contribution in [1.29, 1.82) is 0 Å². The Hall–Kier alpha value is -2.80. The third kappa shape index (κ3) is 5.86. The predicted octanol–water partition coefficient (Wildman–Crippen LogP) is 3.99. The van der Waals surface area contributed by atoms with E-state index in [9.17, 15) is 9.59 Å². The Morgan fingerprint density at radius 3 is 2.53 bits per heavy atom. The smallest absolute Gasteiger partial charge is 0.255 e. The van der Waals surface area contributed by atoms with E-state index in [1.54, 1.807) is 24.3 Å². The first-order valence-corrected chi connectivity index (χ1v) is 10.6. The van der Waals surface area contributed by atoms with Crippen molar-refractivity contribution in [2.75, 3.05) is 13.7 Å². The summed E-state index contributed by atoms with van der Waals surface area (Å²) in [5.41, 5.74) is 6.99. The van der Waals surface area contributed by atoms with Gasteiger partial charge in [0.05, 0.1) is 13.2 Å². The van der Waals surface area contributed by atoms with Crippen LogP contribution in [-0.4, -0.2) is 25.5 Å². The zero-order valence-corrected chi connectivity index (χ0v) is 18.4. The largest absolute Gasteiger partial charge is 0.493 e. The Morgan fingerprint density at radius 2 is 1.93 bits per heavy atom. The summed E-state index contributed by atoms with van der Waals surface area (Å²) in [6, 6.07) is 13.3. The van der Waals surface area contributed by atoms with Crippen LogP contribution < -0.4 is 20.5 Å². The second-order valence-corrected chi connectivity index (χ2v) is 8.14. The Morgan fingerprint density at radius 1 is 1.20 bits per heavy atom. The summed E-state index contributed by atoms with van der Waals surface area (Å²) in [7, 11) is 1.51. The van der Waals surface area contributed by atoms with E-state index < -0.39 is 5.91 Å². The molecule has 0 heterocycles. The summed E-state index contributed by atoms with van der Waals surface area (Å²) in [6.07, 6.45) is 6.68. The van der Waals surface area contributed by atoms with Crippen molar-refractivity contribution >= 4 is 33.8 Å². The number of nitrogens with one attached hydrogen (secondary N) is 1. The molecule has 1 aliphatic rings. The maximum Gasteiger partial charge on any atom is 0.255 e. The molecule has 158 valence electrons. The van der Waals surface area contributed by atoms with E-state index in [0.29, 0.717) is 17.4 Å². The minimum atomic E-state index is -0.565. The molecule has 3 rings (SSSR count). The molecule has 3 N–H and O–H groups in total. The van der Waals surface area contributed by atoms with Crippen molar-refractivity contribution in [3.63, 3.8) is 0 Å². The fraction of sp³-hybridized carbons (Fsp3) is 0.304. The number of methoxy groups -OCH3 is 1. The first-order chi connectivity index (χ1) is 14.5. The number of ether oxygens (including phenoxy) is 2. The molecule has 0 saturated heterocycles. The molecule has 30 heavy (non-hydrogen) atoms. The number of primary amides is 1. The van der Waals surface area contributed by atoms with E-state index in [-0.39, 0.29) is 18.6 Å². The molecule has 0 radical (unpaired) electrons. The molecule has 0 aliphatic heterocycles. The van der Waals surface area contributed by atoms with E-state index in [4.69, 9.17) is 15.2 Å². The van der Waals surface area contributed by atoms with Gasteiger partial charge in [-0.25, -0.2) is 0 Å². The number of hydrogen-bond acceptors (Lipinski definition) is 4. The summed E-state index contributed by atoms with van der Waals surface area (Å²) in [4.78, 5) is 23.5. The van der Waals surface area contributed by atoms with Crippen molar-refractivity contribution in [3.8, 4) is 11.5 Å². The molecular formula is C23H25BrN2O4. The number of carbonyl (C=O) groups is 2. The number of benzene rings is 2. The van der Waals surface area contributed by atoms with E-state index >= 15 is 0 Å². The maximum atomic E-state index is 12.6. The third-order valence-corrected chi connectivity index (χ3v) is 5.66. The number of nitrogens with two attached hydrogens (primary N) is 1. The summed E-state index contributed by atoms with van der Waals surface area (Å²) in [5.74, 6) is 0.622. The lowest BCUT2D eigenvalue weighted by atomic mass is 9.77. The number of rotatable bonds is 9. The molecule has 0 bridgehead atoms. The van der Waals surface area contributed by atoms with Gasteiger partial charge in [0.25, 0.3) is 5.91 Å². The quantitative estimate of drug-likeness (QED) is 0.539. The molecule has 0 spiro atoms. The summed E-state index contributed by atoms with van der Waals surface area (Å²) in [5, 5.41) is 3.15. The van der Waals surface area contributed by atoms with Gasteiger partial charge in [-0.1, -0.05) is 40.5 Å². The van der Waals surface area contributed by atoms with E-state index in [1.165, 1.54) is 19.6 Å². The molecule has 6 nitrogen and oxygen atoms in total. The highest BCUT2D eigenvalue weighted by Crippen LogP contribution is 2.38. The van der Waals surface area contributed by atoms with Crippen molar-refractivity contribution in [2.45, 2.75) is 25.3 Å². The van der Waals surface area contributed by atoms with Crippen LogP contribution in [0, 0.1) is 5.92 Å². The zero-order chi connectivity index (χ0) is 21.5. The van der Waals surface area contributed by atoms with Crippen molar-refractivity contribution < 1.29 is 19.1 Å². The van der Waals surface area contributed by atoms with Crippen LogP contribution in [0.5, 0.6) is 11.5 Å². The fourth-order valence-corrected chi connectivity index (χ4v) is 3.61. The summed E-state index contributed by atoms with van der Waals surface area (Å²) < 4.78 is 11.6. The second kappa shape index (κ2) is 10.3. The summed E-state index contributed by atoms with van der Waals surface area (Å²) in [6.45, 7) is -0.230. The van der Waals surface area contributed by atoms with Gasteiger partial charge in [-0.3, -0.25) is 9.59 Å². The van der Waals surface area contributed by atoms with E-state index in [1.807, 2.05) is 24.3 Å². The standard InChI is InChI=1S/C23H25BrN2O4/c1-29-20-13-15(5-11-19(20)30-14-21(25)27)6-12-22(28)26-23(16-3-2-4-16)17-7-9-18(24)10-8-17/h5-13,16,23H,2-4,14H2,1H3,(H2,25,27)(H,26,28)/b12-6+. The van der Waals surface area contributed by atoms with Crippen LogP contribution in [-0.2, 0) is 9.59 Å². The van der Waals surface area contributed by atoms with Gasteiger partial charge in [0.2, 0.25) is 5.91 Å². The highest BCUT2D eigenvalue weighted by molar-refractivity contribution is 9.10. The first kappa shape index (κ1) is 21.9. The van der Waals surface area contributed by atoms with Crippen LogP contribution in [0.25, 0.3) is 6.08 Å². The van der Waals surface area contributed by atoms with Crippen molar-refractivity contribution in [2.24, 2.45) is 11.7 Å². The molecule has 1 unspecified atom stereocenters. The first-order valence-electron chi connectivity index (χ1n) is 9.79. The molecule has 1 fully saturated rings. The summed E-state index contributed by atoms with van der Waals surface area (Å²) >= 11 is 3.46. The Bertz CT molecular complexity index is 923. The van der Waals surface area contributed by atoms with Gasteiger partial charge in [0.15, 0.2) is 18.1 Å². The fourth-order valence-electron chi connectivity index (χ4n) is 3.35. The SMILES string of the molecule is COc1cc(/C=C/C(=O)NC(c2ccc(Br)cc2)C2CCC2)ccc1OCC(N)=O. The Kier molecular flexibility index (Phi) is 7.52. The lowest BCUT2D eigenvalue weighted by molar-refractivity contribution is -0.120. The van der Waals surface area contributed by atoms with Gasteiger partial charge in [0, 0.05) is 10.5 Å². The lowest BCUT2D eigenvalue weighted by Crippen LogP contribution is -2.35. The van der Waals surface area contributed by atoms with Crippen LogP contribution >= 0.6 is 15.9 Å². The monoisotopic (exact) mass is 472 g/mol. The Labute approximate surface area is 184 Å². The van der Waals surface area contributed by atoms with Crippen LogP contribution in [0.3, 0.4) is 0 Å². The lowest BCUT2D eigenvalue weighted by Gasteiger charge is -2.34. The van der Waals surface area contributed by atoms with Gasteiger partial charge in [-0.05, 0) is 60.2 Å². The molecule has 0 aromatic heterocycles. The van der Waals surface area contributed by atoms with Crippen LogP contribution in [0.1, 0.15) is 36.4 Å². The molecule has 2 amide bonds. The van der Waals surface area contributed by atoms with Gasteiger partial charge in [0.1, 0.15) is 0 Å². The van der Waals surface area contributed by atoms with E-state index in [2.05, 4.69) is 21.2 Å². The highest BCUT2D eigenvalue weighted by Gasteiger charge is 2.29. The number of hydrogen-bond donors (Lipinski definition) is 2. The van der Waals surface area contributed by atoms with Gasteiger partial charge in [-0.15, -0.1) is 0 Å². The van der Waals surface area contributed by atoms with Crippen molar-refractivity contribution in [1.82, 2.24) is 5.32 Å². The highest BCUT2D eigenvalue weighted by atomic mass is 79.9. The van der Waals surface area contributed by atoms with Crippen LogP contribution in [0.15, 0.2) is 53.0 Å². The number of carbonyl (C=O) groups excluding carboxylic acids is 2. The topological polar surface area (TPSA) is 90.7 Å². The number of amides is 2. The molecule has 1 atom stereocenters. The molecule has 7 heteroatoms. The normalized spacial score (nSPS) is 14.7. The minimum Gasteiger partial charge on any atom is -0.493 e. The second-order valence-electron chi connectivity index (χ2n) is 7.23. The average molecular weight is 473 g/mol. The van der Waals surface area contributed by atoms with Gasteiger partial charge < -0.3 is 20.5 Å². The Balaban J connectivity index is 1.67.